The zero-order valence-corrected chi connectivity index (χ0v) is 13.9. The molecule has 0 fully saturated rings. The maximum atomic E-state index is 13.5. The molecule has 0 unspecified atom stereocenters. The molecule has 0 saturated heterocycles. The predicted molar refractivity (Wildman–Crippen MR) is 90.9 cm³/mol. The second kappa shape index (κ2) is 7.92. The lowest BCUT2D eigenvalue weighted by Gasteiger charge is -2.13. The van der Waals surface area contributed by atoms with E-state index in [4.69, 9.17) is 5.41 Å². The smallest absolute Gasteiger partial charge is 0.266 e. The fourth-order valence-electron chi connectivity index (χ4n) is 2.27. The van der Waals surface area contributed by atoms with E-state index in [2.05, 4.69) is 10.3 Å². The quantitative estimate of drug-likeness (QED) is 0.718. The van der Waals surface area contributed by atoms with E-state index in [0.717, 1.165) is 12.1 Å². The fourth-order valence-corrected chi connectivity index (χ4v) is 2.27. The Morgan fingerprint density at radius 2 is 2.00 bits per heavy atom. The lowest BCUT2D eigenvalue weighted by molar-refractivity contribution is -0.117. The molecule has 7 heteroatoms. The molecule has 1 aromatic heterocycles. The highest BCUT2D eigenvalue weighted by molar-refractivity contribution is 6.00. The van der Waals surface area contributed by atoms with Gasteiger partial charge >= 0.3 is 0 Å². The van der Waals surface area contributed by atoms with Crippen LogP contribution in [0.2, 0.25) is 0 Å². The summed E-state index contributed by atoms with van der Waals surface area (Å²) in [5, 5.41) is 10.7. The summed E-state index contributed by atoms with van der Waals surface area (Å²) in [4.78, 5) is 15.7. The molecule has 0 aliphatic heterocycles. The number of hydrogen-bond acceptors (Lipinski definition) is 4. The molecule has 0 aliphatic carbocycles. The Morgan fingerprint density at radius 1 is 1.28 bits per heavy atom. The Morgan fingerprint density at radius 3 is 2.60 bits per heavy atom. The summed E-state index contributed by atoms with van der Waals surface area (Å²) in [7, 11) is 0. The molecule has 4 nitrogen and oxygen atoms in total. The highest BCUT2D eigenvalue weighted by Gasteiger charge is 2.16. The van der Waals surface area contributed by atoms with Gasteiger partial charge in [0.2, 0.25) is 0 Å². The minimum Gasteiger partial charge on any atom is -0.376 e. The molecule has 1 aromatic carbocycles. The van der Waals surface area contributed by atoms with Crippen molar-refractivity contribution in [1.29, 1.82) is 5.41 Å². The molecule has 0 amide bonds. The van der Waals surface area contributed by atoms with Crippen LogP contribution in [0.15, 0.2) is 30.5 Å². The summed E-state index contributed by atoms with van der Waals surface area (Å²) < 4.78 is 39.2. The summed E-state index contributed by atoms with van der Waals surface area (Å²) in [6, 6.07) is 5.07. The molecule has 0 aliphatic rings. The molecule has 132 valence electrons. The molecule has 0 spiro atoms. The molecular formula is C18H18F3N3O. The molecule has 2 N–H and O–H groups in total. The number of carbonyl (C=O) groups is 1. The molecule has 2 aromatic rings. The number of hydrogen-bond donors (Lipinski definition) is 2. The monoisotopic (exact) mass is 349 g/mol. The van der Waals surface area contributed by atoms with Gasteiger partial charge in [0, 0.05) is 18.2 Å². The molecule has 1 heterocycles. The molecule has 0 atom stereocenters. The molecule has 25 heavy (non-hydrogen) atoms. The number of ketones is 1. The summed E-state index contributed by atoms with van der Waals surface area (Å²) in [6.45, 7) is 3.38. The highest BCUT2D eigenvalue weighted by atomic mass is 19.3. The third-order valence-electron chi connectivity index (χ3n) is 3.68. The highest BCUT2D eigenvalue weighted by Crippen LogP contribution is 2.29. The molecular weight excluding hydrogens is 331 g/mol. The van der Waals surface area contributed by atoms with E-state index in [9.17, 15) is 18.0 Å². The normalized spacial score (nSPS) is 10.8. The Hall–Kier alpha value is -2.70. The number of aromatic nitrogens is 1. The standard InChI is InChI=1S/C18H18F3N3O/c1-3-13(25)9-23-16-7-12(8-24-17(16)10(2)22)11-4-5-15(19)14(6-11)18(20)21/h4-8,18,22-23H,3,9H2,1-2H3. The maximum absolute atomic E-state index is 13.5. The molecule has 0 bridgehead atoms. The average Bonchev–Trinajstić information content (AvgIpc) is 2.59. The van der Waals surface area contributed by atoms with E-state index in [-0.39, 0.29) is 18.0 Å². The Kier molecular flexibility index (Phi) is 5.90. The number of carbonyl (C=O) groups excluding carboxylic acids is 1. The summed E-state index contributed by atoms with van der Waals surface area (Å²) in [5.74, 6) is -0.980. The maximum Gasteiger partial charge on any atom is 0.266 e. The van der Waals surface area contributed by atoms with Crippen LogP contribution in [0.5, 0.6) is 0 Å². The largest absolute Gasteiger partial charge is 0.376 e. The van der Waals surface area contributed by atoms with E-state index in [1.165, 1.54) is 12.3 Å². The van der Waals surface area contributed by atoms with Crippen LogP contribution >= 0.6 is 0 Å². The summed E-state index contributed by atoms with van der Waals surface area (Å²) in [5.41, 5.74) is 1.20. The second-order valence-electron chi connectivity index (χ2n) is 5.53. The number of alkyl halides is 2. The number of Topliss-reactive ketones (excluding diaryl/α,β-unsaturated/α-hetero) is 1. The van der Waals surface area contributed by atoms with Gasteiger partial charge in [-0.2, -0.15) is 0 Å². The van der Waals surface area contributed by atoms with Gasteiger partial charge in [-0.05, 0) is 30.7 Å². The lowest BCUT2D eigenvalue weighted by Crippen LogP contribution is -2.15. The number of nitrogens with zero attached hydrogens (tertiary/aromatic N) is 1. The predicted octanol–water partition coefficient (Wildman–Crippen LogP) is 4.60. The van der Waals surface area contributed by atoms with Crippen molar-refractivity contribution in [2.75, 3.05) is 11.9 Å². The van der Waals surface area contributed by atoms with Gasteiger partial charge in [0.05, 0.1) is 23.5 Å². The van der Waals surface area contributed by atoms with Crippen molar-refractivity contribution in [1.82, 2.24) is 4.98 Å². The van der Waals surface area contributed by atoms with Gasteiger partial charge < -0.3 is 10.7 Å². The first-order valence-electron chi connectivity index (χ1n) is 7.72. The number of nitrogens with one attached hydrogen (secondary N) is 2. The van der Waals surface area contributed by atoms with Crippen molar-refractivity contribution in [2.24, 2.45) is 0 Å². The summed E-state index contributed by atoms with van der Waals surface area (Å²) in [6.07, 6.45) is -1.12. The number of anilines is 1. The first kappa shape index (κ1) is 18.6. The van der Waals surface area contributed by atoms with Crippen LogP contribution in [0.25, 0.3) is 11.1 Å². The minimum atomic E-state index is -2.92. The van der Waals surface area contributed by atoms with Crippen molar-refractivity contribution >= 4 is 17.2 Å². The van der Waals surface area contributed by atoms with Gasteiger partial charge in [0.1, 0.15) is 11.5 Å². The van der Waals surface area contributed by atoms with Crippen LogP contribution in [0.3, 0.4) is 0 Å². The number of halogens is 3. The Labute approximate surface area is 143 Å². The van der Waals surface area contributed by atoms with Crippen molar-refractivity contribution < 1.29 is 18.0 Å². The summed E-state index contributed by atoms with van der Waals surface area (Å²) >= 11 is 0. The number of pyridine rings is 1. The third kappa shape index (κ3) is 4.43. The topological polar surface area (TPSA) is 65.8 Å². The first-order valence-corrected chi connectivity index (χ1v) is 7.72. The van der Waals surface area contributed by atoms with Crippen LogP contribution < -0.4 is 5.32 Å². The van der Waals surface area contributed by atoms with Crippen LogP contribution in [-0.4, -0.2) is 23.0 Å². The van der Waals surface area contributed by atoms with E-state index in [0.29, 0.717) is 28.9 Å². The van der Waals surface area contributed by atoms with Crippen LogP contribution in [0.4, 0.5) is 18.9 Å². The zero-order chi connectivity index (χ0) is 18.6. The van der Waals surface area contributed by atoms with E-state index < -0.39 is 17.8 Å². The van der Waals surface area contributed by atoms with Gasteiger partial charge in [-0.25, -0.2) is 13.2 Å². The van der Waals surface area contributed by atoms with Crippen LogP contribution in [0, 0.1) is 11.2 Å². The van der Waals surface area contributed by atoms with Gasteiger partial charge in [-0.1, -0.05) is 13.0 Å². The first-order chi connectivity index (χ1) is 11.8. The van der Waals surface area contributed by atoms with Crippen molar-refractivity contribution in [3.8, 4) is 11.1 Å². The molecule has 2 rings (SSSR count). The van der Waals surface area contributed by atoms with E-state index in [1.807, 2.05) is 0 Å². The lowest BCUT2D eigenvalue weighted by atomic mass is 10.0. The van der Waals surface area contributed by atoms with Gasteiger partial charge in [-0.15, -0.1) is 0 Å². The number of benzene rings is 1. The second-order valence-corrected chi connectivity index (χ2v) is 5.53. The van der Waals surface area contributed by atoms with Gasteiger partial charge in [-0.3, -0.25) is 9.78 Å². The average molecular weight is 349 g/mol. The fraction of sp³-hybridized carbons (Fsp3) is 0.278. The van der Waals surface area contributed by atoms with E-state index >= 15 is 0 Å². The molecule has 0 radical (unpaired) electrons. The van der Waals surface area contributed by atoms with Crippen LogP contribution in [0.1, 0.15) is 38.0 Å². The van der Waals surface area contributed by atoms with Crippen molar-refractivity contribution in [2.45, 2.75) is 26.7 Å². The van der Waals surface area contributed by atoms with E-state index in [1.54, 1.807) is 19.9 Å². The zero-order valence-electron chi connectivity index (χ0n) is 13.9. The van der Waals surface area contributed by atoms with Crippen LogP contribution in [-0.2, 0) is 4.79 Å². The van der Waals surface area contributed by atoms with Gasteiger partial charge in [0.15, 0.2) is 5.78 Å². The Balaban J connectivity index is 2.44. The van der Waals surface area contributed by atoms with Crippen molar-refractivity contribution in [3.05, 3.63) is 47.5 Å². The third-order valence-corrected chi connectivity index (χ3v) is 3.68. The SMILES string of the molecule is CCC(=O)CNc1cc(-c2ccc(F)c(C(F)F)c2)cnc1C(C)=N. The molecule has 0 saturated carbocycles. The Bertz CT molecular complexity index is 806. The number of rotatable bonds is 7. The van der Waals surface area contributed by atoms with Gasteiger partial charge in [0.25, 0.3) is 6.43 Å². The van der Waals surface area contributed by atoms with Crippen molar-refractivity contribution in [3.63, 3.8) is 0 Å². The minimum absolute atomic E-state index is 0.0132.